The predicted octanol–water partition coefficient (Wildman–Crippen LogP) is 1.98. The minimum atomic E-state index is 0.729. The number of aldehydes is 1. The van der Waals surface area contributed by atoms with Gasteiger partial charge >= 0.3 is 0 Å². The number of benzene rings is 1. The molecule has 0 atom stereocenters. The fourth-order valence-electron chi connectivity index (χ4n) is 0.785. The van der Waals surface area contributed by atoms with E-state index in [2.05, 4.69) is 9.97 Å². The third kappa shape index (κ3) is 4.11. The molecule has 0 saturated carbocycles. The smallest absolute Gasteiger partial charge is 0.150 e. The Bertz CT molecular complexity index is 321. The van der Waals surface area contributed by atoms with Crippen molar-refractivity contribution >= 4 is 6.29 Å². The normalized spacial score (nSPS) is 8.29. The van der Waals surface area contributed by atoms with Crippen molar-refractivity contribution in [2.75, 3.05) is 0 Å². The lowest BCUT2D eigenvalue weighted by Gasteiger charge is -1.81. The van der Waals surface area contributed by atoms with Crippen molar-refractivity contribution in [3.05, 3.63) is 60.7 Å². The Morgan fingerprint density at radius 2 is 1.36 bits per heavy atom. The van der Waals surface area contributed by atoms with Crippen molar-refractivity contribution in [2.24, 2.45) is 0 Å². The van der Waals surface area contributed by atoms with E-state index in [1.807, 2.05) is 18.2 Å². The quantitative estimate of drug-likeness (QED) is 0.639. The fourth-order valence-corrected chi connectivity index (χ4v) is 0.785. The summed E-state index contributed by atoms with van der Waals surface area (Å²) in [6.07, 6.45) is 7.39. The van der Waals surface area contributed by atoms with Crippen molar-refractivity contribution in [1.82, 2.24) is 9.97 Å². The van der Waals surface area contributed by atoms with Crippen LogP contribution in [0.15, 0.2) is 55.1 Å². The van der Waals surface area contributed by atoms with E-state index < -0.39 is 0 Å². The zero-order valence-corrected chi connectivity index (χ0v) is 7.58. The van der Waals surface area contributed by atoms with Crippen LogP contribution in [0.4, 0.5) is 0 Å². The van der Waals surface area contributed by atoms with Crippen LogP contribution in [0.1, 0.15) is 10.4 Å². The van der Waals surface area contributed by atoms with Gasteiger partial charge in [0.05, 0.1) is 0 Å². The summed E-state index contributed by atoms with van der Waals surface area (Å²) in [4.78, 5) is 17.5. The first-order chi connectivity index (χ1) is 6.93. The minimum absolute atomic E-state index is 0.729. The number of nitrogens with zero attached hydrogens (tertiary/aromatic N) is 2. The Kier molecular flexibility index (Phi) is 4.65. The number of rotatable bonds is 1. The lowest BCUT2D eigenvalue weighted by Crippen LogP contribution is -1.73. The first kappa shape index (κ1) is 10.1. The first-order valence-corrected chi connectivity index (χ1v) is 4.13. The number of hydrogen-bond acceptors (Lipinski definition) is 3. The highest BCUT2D eigenvalue weighted by atomic mass is 16.1. The molecular formula is C11H10N2O. The van der Waals surface area contributed by atoms with Gasteiger partial charge in [-0.3, -0.25) is 14.8 Å². The van der Waals surface area contributed by atoms with Gasteiger partial charge in [-0.05, 0) is 0 Å². The lowest BCUT2D eigenvalue weighted by atomic mass is 10.2. The average Bonchev–Trinajstić information content (AvgIpc) is 2.33. The Labute approximate surface area is 82.5 Å². The second-order valence-electron chi connectivity index (χ2n) is 2.42. The van der Waals surface area contributed by atoms with Crippen LogP contribution in [0.2, 0.25) is 0 Å². The van der Waals surface area contributed by atoms with Crippen molar-refractivity contribution in [2.45, 2.75) is 0 Å². The highest BCUT2D eigenvalue weighted by molar-refractivity contribution is 5.74. The van der Waals surface area contributed by atoms with E-state index in [1.165, 1.54) is 0 Å². The van der Waals surface area contributed by atoms with E-state index in [1.54, 1.807) is 36.9 Å². The summed E-state index contributed by atoms with van der Waals surface area (Å²) in [5, 5.41) is 0. The Morgan fingerprint density at radius 3 is 1.64 bits per heavy atom. The van der Waals surface area contributed by atoms with E-state index in [0.717, 1.165) is 11.8 Å². The van der Waals surface area contributed by atoms with Crippen molar-refractivity contribution in [1.29, 1.82) is 0 Å². The molecule has 14 heavy (non-hydrogen) atoms. The van der Waals surface area contributed by atoms with E-state index in [-0.39, 0.29) is 0 Å². The maximum absolute atomic E-state index is 10.0. The Morgan fingerprint density at radius 1 is 0.857 bits per heavy atom. The maximum Gasteiger partial charge on any atom is 0.150 e. The van der Waals surface area contributed by atoms with E-state index in [9.17, 15) is 4.79 Å². The molecule has 0 amide bonds. The first-order valence-electron chi connectivity index (χ1n) is 4.13. The summed E-state index contributed by atoms with van der Waals surface area (Å²) in [6.45, 7) is 0. The molecule has 0 bridgehead atoms. The van der Waals surface area contributed by atoms with Crippen LogP contribution in [-0.4, -0.2) is 16.3 Å². The van der Waals surface area contributed by atoms with Crippen LogP contribution in [0, 0.1) is 0 Å². The molecule has 0 aliphatic heterocycles. The van der Waals surface area contributed by atoms with E-state index >= 15 is 0 Å². The topological polar surface area (TPSA) is 42.9 Å². The molecule has 0 aliphatic carbocycles. The molecule has 1 heterocycles. The van der Waals surface area contributed by atoms with Crippen LogP contribution in [0.25, 0.3) is 0 Å². The van der Waals surface area contributed by atoms with Gasteiger partial charge in [0, 0.05) is 30.4 Å². The largest absolute Gasteiger partial charge is 0.298 e. The molecule has 0 N–H and O–H groups in total. The van der Waals surface area contributed by atoms with Crippen molar-refractivity contribution in [3.63, 3.8) is 0 Å². The van der Waals surface area contributed by atoms with Gasteiger partial charge in [0.1, 0.15) is 6.29 Å². The molecule has 0 fully saturated rings. The third-order valence-electron chi connectivity index (χ3n) is 1.41. The summed E-state index contributed by atoms with van der Waals surface area (Å²) < 4.78 is 0. The Balaban J connectivity index is 0.000000146. The standard InChI is InChI=1S/C7H6O.C4H4N2/c8-6-7-4-2-1-3-5-7;1-2-6-4-3-5-1/h1-6H;1-4H. The number of carbonyl (C=O) groups excluding carboxylic acids is 1. The second-order valence-corrected chi connectivity index (χ2v) is 2.42. The van der Waals surface area contributed by atoms with Crippen LogP contribution in [-0.2, 0) is 0 Å². The van der Waals surface area contributed by atoms with Crippen LogP contribution >= 0.6 is 0 Å². The predicted molar refractivity (Wildman–Crippen MR) is 53.9 cm³/mol. The van der Waals surface area contributed by atoms with Gasteiger partial charge in [-0.2, -0.15) is 0 Å². The summed E-state index contributed by atoms with van der Waals surface area (Å²) in [6, 6.07) is 9.10. The molecule has 0 unspecified atom stereocenters. The van der Waals surface area contributed by atoms with Gasteiger partial charge in [0.2, 0.25) is 0 Å². The summed E-state index contributed by atoms with van der Waals surface area (Å²) in [5.74, 6) is 0. The number of carbonyl (C=O) groups is 1. The number of aromatic nitrogens is 2. The molecule has 2 rings (SSSR count). The minimum Gasteiger partial charge on any atom is -0.298 e. The molecule has 0 aliphatic rings. The van der Waals surface area contributed by atoms with Crippen molar-refractivity contribution in [3.8, 4) is 0 Å². The number of hydrogen-bond donors (Lipinski definition) is 0. The lowest BCUT2D eigenvalue weighted by molar-refractivity contribution is 0.112. The highest BCUT2D eigenvalue weighted by Gasteiger charge is 1.79. The fraction of sp³-hybridized carbons (Fsp3) is 0. The average molecular weight is 186 g/mol. The maximum atomic E-state index is 10.0. The van der Waals surface area contributed by atoms with Gasteiger partial charge in [-0.15, -0.1) is 0 Å². The molecule has 2 aromatic rings. The van der Waals surface area contributed by atoms with E-state index in [4.69, 9.17) is 0 Å². The molecule has 1 aromatic heterocycles. The van der Waals surface area contributed by atoms with Crippen molar-refractivity contribution < 1.29 is 4.79 Å². The highest BCUT2D eigenvalue weighted by Crippen LogP contribution is 1.91. The zero-order chi connectivity index (χ0) is 10.1. The van der Waals surface area contributed by atoms with Crippen LogP contribution < -0.4 is 0 Å². The van der Waals surface area contributed by atoms with E-state index in [0.29, 0.717) is 0 Å². The Hall–Kier alpha value is -2.03. The molecule has 3 nitrogen and oxygen atoms in total. The molecule has 0 radical (unpaired) electrons. The molecule has 1 aromatic carbocycles. The molecule has 3 heteroatoms. The third-order valence-corrected chi connectivity index (χ3v) is 1.41. The van der Waals surface area contributed by atoms with Gasteiger partial charge < -0.3 is 0 Å². The monoisotopic (exact) mass is 186 g/mol. The summed E-state index contributed by atoms with van der Waals surface area (Å²) >= 11 is 0. The molecule has 0 saturated heterocycles. The SMILES string of the molecule is O=Cc1ccccc1.c1cnccn1. The second kappa shape index (κ2) is 6.48. The molecule has 70 valence electrons. The van der Waals surface area contributed by atoms with Gasteiger partial charge in [-0.25, -0.2) is 0 Å². The molecule has 0 spiro atoms. The van der Waals surface area contributed by atoms with Crippen LogP contribution in [0.3, 0.4) is 0 Å². The summed E-state index contributed by atoms with van der Waals surface area (Å²) in [5.41, 5.74) is 0.729. The van der Waals surface area contributed by atoms with Gasteiger partial charge in [0.15, 0.2) is 0 Å². The van der Waals surface area contributed by atoms with Gasteiger partial charge in [0.25, 0.3) is 0 Å². The van der Waals surface area contributed by atoms with Gasteiger partial charge in [-0.1, -0.05) is 30.3 Å². The van der Waals surface area contributed by atoms with Crippen LogP contribution in [0.5, 0.6) is 0 Å². The summed E-state index contributed by atoms with van der Waals surface area (Å²) in [7, 11) is 0. The molecular weight excluding hydrogens is 176 g/mol. The zero-order valence-electron chi connectivity index (χ0n) is 7.58.